The smallest absolute Gasteiger partial charge is 0.176 e. The van der Waals surface area contributed by atoms with Gasteiger partial charge in [-0.1, -0.05) is 45.0 Å². The van der Waals surface area contributed by atoms with Crippen LogP contribution >= 0.6 is 0 Å². The van der Waals surface area contributed by atoms with E-state index in [1.54, 1.807) is 6.26 Å². The zero-order valence-corrected chi connectivity index (χ0v) is 13.0. The van der Waals surface area contributed by atoms with Gasteiger partial charge < -0.3 is 4.42 Å². The third-order valence-electron chi connectivity index (χ3n) is 3.67. The first-order valence-electron chi connectivity index (χ1n) is 7.48. The molecule has 1 aromatic carbocycles. The van der Waals surface area contributed by atoms with Gasteiger partial charge in [-0.15, -0.1) is 0 Å². The molecule has 0 aliphatic carbocycles. The molecular formula is C18H23NO2. The van der Waals surface area contributed by atoms with Crippen LogP contribution in [0.1, 0.15) is 48.4 Å². The minimum atomic E-state index is 0.152. The Bertz CT molecular complexity index is 555. The molecule has 0 spiro atoms. The van der Waals surface area contributed by atoms with Crippen LogP contribution in [0.3, 0.4) is 0 Å². The molecule has 0 amide bonds. The van der Waals surface area contributed by atoms with Gasteiger partial charge in [-0.25, -0.2) is 0 Å². The Morgan fingerprint density at radius 3 is 2.43 bits per heavy atom. The molecule has 0 unspecified atom stereocenters. The highest BCUT2D eigenvalue weighted by atomic mass is 16.3. The van der Waals surface area contributed by atoms with E-state index in [0.29, 0.717) is 19.0 Å². The molecular weight excluding hydrogens is 262 g/mol. The molecule has 1 aromatic heterocycles. The highest BCUT2D eigenvalue weighted by Gasteiger charge is 2.13. The van der Waals surface area contributed by atoms with Crippen molar-refractivity contribution >= 4 is 5.78 Å². The molecule has 0 atom stereocenters. The average molecular weight is 285 g/mol. The number of likely N-dealkylation sites (N-methyl/N-ethyl adjacent to an activating group) is 1. The average Bonchev–Trinajstić information content (AvgIpc) is 2.99. The predicted octanol–water partition coefficient (Wildman–Crippen LogP) is 4.11. The first-order valence-corrected chi connectivity index (χ1v) is 7.48. The van der Waals surface area contributed by atoms with Crippen molar-refractivity contribution in [3.8, 4) is 0 Å². The molecule has 0 bridgehead atoms. The second-order valence-corrected chi connectivity index (χ2v) is 5.58. The predicted molar refractivity (Wildman–Crippen MR) is 84.5 cm³/mol. The molecule has 2 aromatic rings. The fraction of sp³-hybridized carbons (Fsp3) is 0.389. The number of ketones is 1. The standard InChI is InChI=1S/C18H23NO2/c1-4-19(12-17-6-5-11-21-17)13-18(20)16-9-7-15(8-10-16)14(2)3/h5-11,14H,4,12-13H2,1-3H3. The van der Waals surface area contributed by atoms with Gasteiger partial charge in [0.15, 0.2) is 5.78 Å². The van der Waals surface area contributed by atoms with Gasteiger partial charge in [0, 0.05) is 5.56 Å². The van der Waals surface area contributed by atoms with Crippen LogP contribution in [0, 0.1) is 0 Å². The van der Waals surface area contributed by atoms with Gasteiger partial charge >= 0.3 is 0 Å². The molecule has 1 heterocycles. The zero-order valence-electron chi connectivity index (χ0n) is 13.0. The second kappa shape index (κ2) is 7.23. The summed E-state index contributed by atoms with van der Waals surface area (Å²) in [4.78, 5) is 14.4. The lowest BCUT2D eigenvalue weighted by molar-refractivity contribution is 0.0925. The number of benzene rings is 1. The van der Waals surface area contributed by atoms with E-state index in [4.69, 9.17) is 4.42 Å². The van der Waals surface area contributed by atoms with E-state index >= 15 is 0 Å². The van der Waals surface area contributed by atoms with E-state index in [0.717, 1.165) is 17.9 Å². The summed E-state index contributed by atoms with van der Waals surface area (Å²) in [7, 11) is 0. The Morgan fingerprint density at radius 1 is 1.19 bits per heavy atom. The minimum absolute atomic E-state index is 0.152. The van der Waals surface area contributed by atoms with E-state index in [2.05, 4.69) is 25.7 Å². The maximum Gasteiger partial charge on any atom is 0.176 e. The normalized spacial score (nSPS) is 11.3. The maximum atomic E-state index is 12.4. The van der Waals surface area contributed by atoms with Gasteiger partial charge in [-0.05, 0) is 30.2 Å². The second-order valence-electron chi connectivity index (χ2n) is 5.58. The van der Waals surface area contributed by atoms with Crippen molar-refractivity contribution < 1.29 is 9.21 Å². The van der Waals surface area contributed by atoms with E-state index < -0.39 is 0 Å². The molecule has 0 radical (unpaired) electrons. The first kappa shape index (κ1) is 15.5. The van der Waals surface area contributed by atoms with E-state index in [9.17, 15) is 4.79 Å². The minimum Gasteiger partial charge on any atom is -0.468 e. The van der Waals surface area contributed by atoms with Crippen LogP contribution in [0.25, 0.3) is 0 Å². The van der Waals surface area contributed by atoms with Gasteiger partial charge in [-0.3, -0.25) is 9.69 Å². The molecule has 0 saturated carbocycles. The van der Waals surface area contributed by atoms with Gasteiger partial charge in [0.25, 0.3) is 0 Å². The Hall–Kier alpha value is -1.87. The number of hydrogen-bond acceptors (Lipinski definition) is 3. The van der Waals surface area contributed by atoms with Crippen molar-refractivity contribution in [2.45, 2.75) is 33.2 Å². The number of carbonyl (C=O) groups is 1. The largest absolute Gasteiger partial charge is 0.468 e. The number of furan rings is 1. The number of rotatable bonds is 7. The molecule has 0 saturated heterocycles. The summed E-state index contributed by atoms with van der Waals surface area (Å²) < 4.78 is 5.34. The van der Waals surface area contributed by atoms with Gasteiger partial charge in [0.1, 0.15) is 5.76 Å². The summed E-state index contributed by atoms with van der Waals surface area (Å²) in [5, 5.41) is 0. The third kappa shape index (κ3) is 4.30. The third-order valence-corrected chi connectivity index (χ3v) is 3.67. The summed E-state index contributed by atoms with van der Waals surface area (Å²) >= 11 is 0. The number of nitrogens with zero attached hydrogens (tertiary/aromatic N) is 1. The lowest BCUT2D eigenvalue weighted by atomic mass is 10.0. The molecule has 0 aliphatic heterocycles. The zero-order chi connectivity index (χ0) is 15.2. The van der Waals surface area contributed by atoms with Crippen molar-refractivity contribution in [3.05, 3.63) is 59.5 Å². The molecule has 2 rings (SSSR count). The number of Topliss-reactive ketones (excluding diaryl/α,β-unsaturated/α-hetero) is 1. The topological polar surface area (TPSA) is 33.5 Å². The van der Waals surface area contributed by atoms with Crippen LogP contribution in [-0.4, -0.2) is 23.8 Å². The number of carbonyl (C=O) groups excluding carboxylic acids is 1. The fourth-order valence-electron chi connectivity index (χ4n) is 2.25. The van der Waals surface area contributed by atoms with Crippen molar-refractivity contribution in [2.24, 2.45) is 0 Å². The van der Waals surface area contributed by atoms with Gasteiger partial charge in [-0.2, -0.15) is 0 Å². The summed E-state index contributed by atoms with van der Waals surface area (Å²) in [5.41, 5.74) is 2.03. The lowest BCUT2D eigenvalue weighted by Gasteiger charge is -2.18. The van der Waals surface area contributed by atoms with E-state index in [1.165, 1.54) is 5.56 Å². The molecule has 0 fully saturated rings. The van der Waals surface area contributed by atoms with Crippen LogP contribution in [0.4, 0.5) is 0 Å². The highest BCUT2D eigenvalue weighted by molar-refractivity contribution is 5.97. The SMILES string of the molecule is CCN(CC(=O)c1ccc(C(C)C)cc1)Cc1ccco1. The van der Waals surface area contributed by atoms with Crippen LogP contribution in [0.15, 0.2) is 47.1 Å². The van der Waals surface area contributed by atoms with Gasteiger partial charge in [0.2, 0.25) is 0 Å². The Balaban J connectivity index is 1.98. The fourth-order valence-corrected chi connectivity index (χ4v) is 2.25. The van der Waals surface area contributed by atoms with Gasteiger partial charge in [0.05, 0.1) is 19.4 Å². The van der Waals surface area contributed by atoms with Crippen LogP contribution in [-0.2, 0) is 6.54 Å². The Morgan fingerprint density at radius 2 is 1.90 bits per heavy atom. The van der Waals surface area contributed by atoms with Crippen LogP contribution in [0.2, 0.25) is 0 Å². The van der Waals surface area contributed by atoms with Crippen LogP contribution in [0.5, 0.6) is 0 Å². The molecule has 21 heavy (non-hydrogen) atoms. The molecule has 0 N–H and O–H groups in total. The summed E-state index contributed by atoms with van der Waals surface area (Å²) in [6, 6.07) is 11.7. The van der Waals surface area contributed by atoms with Crippen molar-refractivity contribution in [3.63, 3.8) is 0 Å². The van der Waals surface area contributed by atoms with Crippen LogP contribution < -0.4 is 0 Å². The maximum absolute atomic E-state index is 12.4. The Labute approximate surface area is 126 Å². The molecule has 3 heteroatoms. The molecule has 112 valence electrons. The number of hydrogen-bond donors (Lipinski definition) is 0. The quantitative estimate of drug-likeness (QED) is 0.718. The van der Waals surface area contributed by atoms with Crippen molar-refractivity contribution in [2.75, 3.05) is 13.1 Å². The van der Waals surface area contributed by atoms with Crippen molar-refractivity contribution in [1.82, 2.24) is 4.90 Å². The lowest BCUT2D eigenvalue weighted by Crippen LogP contribution is -2.29. The summed E-state index contributed by atoms with van der Waals surface area (Å²) in [6.07, 6.45) is 1.66. The molecule has 0 aliphatic rings. The van der Waals surface area contributed by atoms with E-state index in [-0.39, 0.29) is 5.78 Å². The van der Waals surface area contributed by atoms with Crippen molar-refractivity contribution in [1.29, 1.82) is 0 Å². The monoisotopic (exact) mass is 285 g/mol. The highest BCUT2D eigenvalue weighted by Crippen LogP contribution is 2.15. The first-order chi connectivity index (χ1) is 10.1. The molecule has 3 nitrogen and oxygen atoms in total. The van der Waals surface area contributed by atoms with E-state index in [1.807, 2.05) is 36.4 Å². The summed E-state index contributed by atoms with van der Waals surface area (Å²) in [6.45, 7) is 8.25. The summed E-state index contributed by atoms with van der Waals surface area (Å²) in [5.74, 6) is 1.53. The Kier molecular flexibility index (Phi) is 5.34.